The second-order valence-electron chi connectivity index (χ2n) is 2.71. The SMILES string of the molecule is O/N=C/c1ccc(-n2cnnc2)cc1. The molecular formula is C9H8N4O. The van der Waals surface area contributed by atoms with E-state index < -0.39 is 0 Å². The number of aromatic nitrogens is 3. The lowest BCUT2D eigenvalue weighted by atomic mass is 10.2. The summed E-state index contributed by atoms with van der Waals surface area (Å²) >= 11 is 0. The number of hydrogen-bond donors (Lipinski definition) is 1. The fourth-order valence-corrected chi connectivity index (χ4v) is 1.13. The molecule has 0 saturated heterocycles. The summed E-state index contributed by atoms with van der Waals surface area (Å²) in [6, 6.07) is 7.46. The van der Waals surface area contributed by atoms with Crippen molar-refractivity contribution >= 4 is 6.21 Å². The van der Waals surface area contributed by atoms with Gasteiger partial charge in [-0.3, -0.25) is 4.57 Å². The average Bonchev–Trinajstić information content (AvgIpc) is 2.72. The van der Waals surface area contributed by atoms with Crippen LogP contribution in [0.15, 0.2) is 42.1 Å². The summed E-state index contributed by atoms with van der Waals surface area (Å²) in [6.45, 7) is 0. The van der Waals surface area contributed by atoms with Gasteiger partial charge in [-0.15, -0.1) is 10.2 Å². The van der Waals surface area contributed by atoms with Crippen LogP contribution >= 0.6 is 0 Å². The maximum atomic E-state index is 8.32. The van der Waals surface area contributed by atoms with E-state index in [0.29, 0.717) is 0 Å². The summed E-state index contributed by atoms with van der Waals surface area (Å²) in [7, 11) is 0. The van der Waals surface area contributed by atoms with Gasteiger partial charge in [-0.05, 0) is 17.7 Å². The van der Waals surface area contributed by atoms with Gasteiger partial charge in [0.2, 0.25) is 0 Å². The number of hydrogen-bond acceptors (Lipinski definition) is 4. The maximum Gasteiger partial charge on any atom is 0.123 e. The van der Waals surface area contributed by atoms with E-state index >= 15 is 0 Å². The third-order valence-electron chi connectivity index (χ3n) is 1.82. The predicted octanol–water partition coefficient (Wildman–Crippen LogP) is 1.08. The third-order valence-corrected chi connectivity index (χ3v) is 1.82. The Morgan fingerprint density at radius 2 is 1.79 bits per heavy atom. The van der Waals surface area contributed by atoms with E-state index in [2.05, 4.69) is 15.4 Å². The minimum absolute atomic E-state index is 0.837. The molecule has 1 aromatic heterocycles. The third kappa shape index (κ3) is 1.61. The van der Waals surface area contributed by atoms with Gasteiger partial charge in [0, 0.05) is 5.69 Å². The Morgan fingerprint density at radius 3 is 2.36 bits per heavy atom. The van der Waals surface area contributed by atoms with Crippen molar-refractivity contribution in [3.05, 3.63) is 42.5 Å². The smallest absolute Gasteiger partial charge is 0.123 e. The lowest BCUT2D eigenvalue weighted by Gasteiger charge is -1.99. The van der Waals surface area contributed by atoms with E-state index in [1.807, 2.05) is 24.3 Å². The Balaban J connectivity index is 2.31. The number of oxime groups is 1. The first-order valence-corrected chi connectivity index (χ1v) is 4.02. The zero-order valence-electron chi connectivity index (χ0n) is 7.28. The van der Waals surface area contributed by atoms with Crippen LogP contribution in [0.4, 0.5) is 0 Å². The summed E-state index contributed by atoms with van der Waals surface area (Å²) in [6.07, 6.45) is 4.61. The van der Waals surface area contributed by atoms with E-state index in [9.17, 15) is 0 Å². The van der Waals surface area contributed by atoms with Gasteiger partial charge >= 0.3 is 0 Å². The van der Waals surface area contributed by atoms with Gasteiger partial charge in [0.05, 0.1) is 6.21 Å². The zero-order valence-corrected chi connectivity index (χ0v) is 7.28. The van der Waals surface area contributed by atoms with Gasteiger partial charge in [0.1, 0.15) is 12.7 Å². The molecule has 0 atom stereocenters. The van der Waals surface area contributed by atoms with E-state index in [0.717, 1.165) is 11.3 Å². The first-order chi connectivity index (χ1) is 6.90. The van der Waals surface area contributed by atoms with Crippen molar-refractivity contribution in [3.63, 3.8) is 0 Å². The molecule has 0 saturated carbocycles. The summed E-state index contributed by atoms with van der Waals surface area (Å²) in [5.41, 5.74) is 1.80. The van der Waals surface area contributed by atoms with Crippen molar-refractivity contribution in [1.82, 2.24) is 14.8 Å². The van der Waals surface area contributed by atoms with Crippen LogP contribution in [0.3, 0.4) is 0 Å². The van der Waals surface area contributed by atoms with Gasteiger partial charge in [0.15, 0.2) is 0 Å². The highest BCUT2D eigenvalue weighted by Crippen LogP contribution is 2.06. The molecule has 1 N–H and O–H groups in total. The van der Waals surface area contributed by atoms with Crippen LogP contribution in [0, 0.1) is 0 Å². The Hall–Kier alpha value is -2.17. The van der Waals surface area contributed by atoms with Gasteiger partial charge < -0.3 is 5.21 Å². The fourth-order valence-electron chi connectivity index (χ4n) is 1.13. The Kier molecular flexibility index (Phi) is 2.22. The van der Waals surface area contributed by atoms with Crippen molar-refractivity contribution in [2.75, 3.05) is 0 Å². The summed E-state index contributed by atoms with van der Waals surface area (Å²) in [4.78, 5) is 0. The van der Waals surface area contributed by atoms with Crippen LogP contribution in [-0.4, -0.2) is 26.2 Å². The highest BCUT2D eigenvalue weighted by molar-refractivity contribution is 5.79. The van der Waals surface area contributed by atoms with Crippen molar-refractivity contribution in [1.29, 1.82) is 0 Å². The number of rotatable bonds is 2. The molecule has 0 aliphatic heterocycles. The molecule has 2 aromatic rings. The Bertz CT molecular complexity index is 419. The van der Waals surface area contributed by atoms with Gasteiger partial charge in [-0.1, -0.05) is 17.3 Å². The van der Waals surface area contributed by atoms with Crippen molar-refractivity contribution in [2.24, 2.45) is 5.16 Å². The van der Waals surface area contributed by atoms with Gasteiger partial charge in [0.25, 0.3) is 0 Å². The molecule has 1 aromatic carbocycles. The summed E-state index contributed by atoms with van der Waals surface area (Å²) < 4.78 is 1.79. The van der Waals surface area contributed by atoms with Crippen LogP contribution < -0.4 is 0 Å². The van der Waals surface area contributed by atoms with E-state index in [-0.39, 0.29) is 0 Å². The standard InChI is InChI=1S/C9H8N4O/c14-12-5-8-1-3-9(4-2-8)13-6-10-11-7-13/h1-7,14H/b12-5+. The van der Waals surface area contributed by atoms with E-state index in [4.69, 9.17) is 5.21 Å². The largest absolute Gasteiger partial charge is 0.411 e. The lowest BCUT2D eigenvalue weighted by molar-refractivity contribution is 0.322. The Labute approximate surface area is 80.3 Å². The lowest BCUT2D eigenvalue weighted by Crippen LogP contribution is -1.90. The van der Waals surface area contributed by atoms with Gasteiger partial charge in [-0.25, -0.2) is 0 Å². The van der Waals surface area contributed by atoms with Crippen molar-refractivity contribution in [2.45, 2.75) is 0 Å². The quantitative estimate of drug-likeness (QED) is 0.435. The monoisotopic (exact) mass is 188 g/mol. The van der Waals surface area contributed by atoms with E-state index in [1.165, 1.54) is 6.21 Å². The molecule has 0 radical (unpaired) electrons. The van der Waals surface area contributed by atoms with Crippen molar-refractivity contribution in [3.8, 4) is 5.69 Å². The molecule has 0 fully saturated rings. The zero-order chi connectivity index (χ0) is 9.80. The predicted molar refractivity (Wildman–Crippen MR) is 50.7 cm³/mol. The highest BCUT2D eigenvalue weighted by atomic mass is 16.4. The number of benzene rings is 1. The molecular weight excluding hydrogens is 180 g/mol. The first kappa shape index (κ1) is 8.43. The second-order valence-corrected chi connectivity index (χ2v) is 2.71. The van der Waals surface area contributed by atoms with E-state index in [1.54, 1.807) is 17.2 Å². The minimum atomic E-state index is 0.837. The Morgan fingerprint density at radius 1 is 1.14 bits per heavy atom. The van der Waals surface area contributed by atoms with Crippen LogP contribution in [-0.2, 0) is 0 Å². The van der Waals surface area contributed by atoms with Gasteiger partial charge in [-0.2, -0.15) is 0 Å². The molecule has 14 heavy (non-hydrogen) atoms. The molecule has 5 heteroatoms. The average molecular weight is 188 g/mol. The first-order valence-electron chi connectivity index (χ1n) is 4.02. The fraction of sp³-hybridized carbons (Fsp3) is 0. The molecule has 0 bridgehead atoms. The molecule has 0 aliphatic carbocycles. The molecule has 0 spiro atoms. The van der Waals surface area contributed by atoms with Crippen LogP contribution in [0.1, 0.15) is 5.56 Å². The molecule has 70 valence electrons. The topological polar surface area (TPSA) is 63.3 Å². The molecule has 0 amide bonds. The normalized spacial score (nSPS) is 10.9. The molecule has 1 heterocycles. The summed E-state index contributed by atoms with van der Waals surface area (Å²) in [5, 5.41) is 18.7. The molecule has 0 aliphatic rings. The second kappa shape index (κ2) is 3.69. The maximum absolute atomic E-state index is 8.32. The van der Waals surface area contributed by atoms with Crippen LogP contribution in [0.25, 0.3) is 5.69 Å². The summed E-state index contributed by atoms with van der Waals surface area (Å²) in [5.74, 6) is 0. The minimum Gasteiger partial charge on any atom is -0.411 e. The number of nitrogens with zero attached hydrogens (tertiary/aromatic N) is 4. The van der Waals surface area contributed by atoms with Crippen molar-refractivity contribution < 1.29 is 5.21 Å². The highest BCUT2D eigenvalue weighted by Gasteiger charge is 1.94. The molecule has 5 nitrogen and oxygen atoms in total. The molecule has 2 rings (SSSR count). The molecule has 0 unspecified atom stereocenters. The van der Waals surface area contributed by atoms with Crippen LogP contribution in [0.2, 0.25) is 0 Å². The van der Waals surface area contributed by atoms with Crippen LogP contribution in [0.5, 0.6) is 0 Å².